The molecule has 0 N–H and O–H groups in total. The molecule has 0 aliphatic rings. The fourth-order valence-corrected chi connectivity index (χ4v) is 16.2. The van der Waals surface area contributed by atoms with Crippen molar-refractivity contribution in [2.24, 2.45) is 14.1 Å². The van der Waals surface area contributed by atoms with E-state index in [4.69, 9.17) is 0 Å². The van der Waals surface area contributed by atoms with Crippen molar-refractivity contribution in [1.29, 1.82) is 0 Å². The summed E-state index contributed by atoms with van der Waals surface area (Å²) in [5, 5.41) is 29.5. The summed E-state index contributed by atoms with van der Waals surface area (Å²) in [4.78, 5) is 58.7. The summed E-state index contributed by atoms with van der Waals surface area (Å²) >= 11 is 0. The molecule has 0 fully saturated rings. The number of rotatable bonds is 2. The third-order valence-corrected chi connectivity index (χ3v) is 18.4. The fourth-order valence-electron chi connectivity index (χ4n) is 16.2. The lowest BCUT2D eigenvalue weighted by molar-refractivity contribution is 0.857. The minimum atomic E-state index is -0.280. The Hall–Kier alpha value is -8.74. The second kappa shape index (κ2) is 11.4. The van der Waals surface area contributed by atoms with Crippen LogP contribution in [-0.4, -0.2) is 9.13 Å². The monoisotopic (exact) mass is 922 g/mol. The number of aryl methyl sites for hydroxylation is 6. The molecule has 0 bridgehead atoms. The van der Waals surface area contributed by atoms with Gasteiger partial charge in [0.05, 0.1) is 21.5 Å². The van der Waals surface area contributed by atoms with Crippen LogP contribution in [0.2, 0.25) is 0 Å². The summed E-state index contributed by atoms with van der Waals surface area (Å²) in [6.07, 6.45) is 0. The maximum absolute atomic E-state index is 14.7. The molecule has 6 nitrogen and oxygen atoms in total. The first kappa shape index (κ1) is 38.1. The van der Waals surface area contributed by atoms with Gasteiger partial charge in [0.2, 0.25) is 0 Å². The van der Waals surface area contributed by atoms with E-state index in [1.165, 1.54) is 64.4 Å². The summed E-state index contributed by atoms with van der Waals surface area (Å²) in [6.45, 7) is 13.2. The van der Waals surface area contributed by atoms with Crippen LogP contribution in [0.4, 0.5) is 0 Å². The molecular weight excluding hydrogens is 885 g/mol. The topological polar surface area (TPSA) is 78.1 Å². The Labute approximate surface area is 406 Å². The molecule has 2 aromatic heterocycles. The van der Waals surface area contributed by atoms with E-state index in [1.807, 2.05) is 0 Å². The summed E-state index contributed by atoms with van der Waals surface area (Å²) in [7, 11) is 3.23. The van der Waals surface area contributed by atoms with Gasteiger partial charge in [0.25, 0.3) is 22.2 Å². The highest BCUT2D eigenvalue weighted by molar-refractivity contribution is 6.63. The Morgan fingerprint density at radius 3 is 0.861 bits per heavy atom. The van der Waals surface area contributed by atoms with Crippen LogP contribution in [0.15, 0.2) is 104 Å². The van der Waals surface area contributed by atoms with E-state index in [-0.39, 0.29) is 22.2 Å². The number of hydrogen-bond acceptors (Lipinski definition) is 4. The van der Waals surface area contributed by atoms with Crippen LogP contribution in [0, 0.1) is 41.5 Å². The Morgan fingerprint density at radius 2 is 0.500 bits per heavy atom. The number of nitrogens with zero attached hydrogens (tertiary/aromatic N) is 2. The van der Waals surface area contributed by atoms with Gasteiger partial charge >= 0.3 is 0 Å². The van der Waals surface area contributed by atoms with Crippen molar-refractivity contribution in [3.05, 3.63) is 160 Å². The van der Waals surface area contributed by atoms with Crippen LogP contribution < -0.4 is 22.2 Å². The molecule has 0 amide bonds. The van der Waals surface area contributed by atoms with Gasteiger partial charge in [0.15, 0.2) is 0 Å². The van der Waals surface area contributed by atoms with E-state index < -0.39 is 0 Å². The Balaban J connectivity index is 1.29. The van der Waals surface area contributed by atoms with Gasteiger partial charge in [-0.15, -0.1) is 0 Å². The molecular formula is C66H38N2O4. The van der Waals surface area contributed by atoms with Crippen molar-refractivity contribution < 1.29 is 0 Å². The highest BCUT2D eigenvalue weighted by atomic mass is 16.2. The van der Waals surface area contributed by atoms with Gasteiger partial charge in [0, 0.05) is 14.1 Å². The Bertz CT molecular complexity index is 5450. The average Bonchev–Trinajstić information content (AvgIpc) is 3.73. The van der Waals surface area contributed by atoms with Crippen LogP contribution >= 0.6 is 0 Å². The quantitative estimate of drug-likeness (QED) is 0.128. The van der Waals surface area contributed by atoms with Gasteiger partial charge in [-0.05, 0) is 238 Å². The van der Waals surface area contributed by atoms with E-state index in [1.54, 1.807) is 14.1 Å². The van der Waals surface area contributed by atoms with Crippen molar-refractivity contribution in [3.8, 4) is 22.3 Å². The van der Waals surface area contributed by atoms with E-state index >= 15 is 0 Å². The molecule has 0 atom stereocenters. The third-order valence-electron chi connectivity index (χ3n) is 18.4. The van der Waals surface area contributed by atoms with Crippen LogP contribution in [0.5, 0.6) is 0 Å². The lowest BCUT2D eigenvalue weighted by Gasteiger charge is -2.31. The van der Waals surface area contributed by atoms with Gasteiger partial charge in [-0.3, -0.25) is 28.3 Å². The van der Waals surface area contributed by atoms with Crippen molar-refractivity contribution in [3.63, 3.8) is 0 Å². The first-order chi connectivity index (χ1) is 34.8. The van der Waals surface area contributed by atoms with E-state index in [2.05, 4.69) is 126 Å². The van der Waals surface area contributed by atoms with Crippen LogP contribution in [0.25, 0.3) is 184 Å². The zero-order valence-corrected chi connectivity index (χ0v) is 40.6. The largest absolute Gasteiger partial charge is 0.277 e. The van der Waals surface area contributed by atoms with Crippen LogP contribution in [0.3, 0.4) is 0 Å². The van der Waals surface area contributed by atoms with E-state index in [0.717, 1.165) is 140 Å². The third kappa shape index (κ3) is 3.64. The summed E-state index contributed by atoms with van der Waals surface area (Å²) in [6, 6.07) is 31.3. The molecule has 6 heteroatoms. The summed E-state index contributed by atoms with van der Waals surface area (Å²) < 4.78 is 2.60. The molecule has 2 heterocycles. The number of hydrogen-bond donors (Lipinski definition) is 0. The number of fused-ring (bicyclic) bond motifs is 6. The SMILES string of the molecule is Cc1cc(C)c(-c2c3ccc4cc5c6c(=O)n(C)c(=O)c6c6ccc7c(-c8c(C)cc(C)cc8C)c8ccc9cc%10c%11c(=O)n(C)c(=O)c%11c%11ccc2c2c%11c%10c%10c9c8c8c7c6c5c5c4c3c2c%10c85)c(C)c1. The lowest BCUT2D eigenvalue weighted by Crippen LogP contribution is -2.21. The molecule has 16 aromatic carbocycles. The number of benzene rings is 16. The van der Waals surface area contributed by atoms with Crippen molar-refractivity contribution in [1.82, 2.24) is 9.13 Å². The molecule has 18 aromatic rings. The van der Waals surface area contributed by atoms with E-state index in [0.29, 0.717) is 21.5 Å². The van der Waals surface area contributed by atoms with Crippen molar-refractivity contribution in [2.45, 2.75) is 41.5 Å². The Morgan fingerprint density at radius 1 is 0.250 bits per heavy atom. The fraction of sp³-hybridized carbons (Fsp3) is 0.121. The highest BCUT2D eigenvalue weighted by Crippen LogP contribution is 2.64. The molecule has 0 unspecified atom stereocenters. The summed E-state index contributed by atoms with van der Waals surface area (Å²) in [5.74, 6) is 0. The standard InChI is InChI=1S/C66H38N2O4/c1-23-17-25(3)39(26(4)18-23)43-31-11-9-29-21-38-52-48-36(54-56(38)66(72)68(8)64(54)70)16-14-34-44(40-27(5)19-24(2)20-28(40)6)32-12-10-30-22-37-51-47-35(53-55(37)65(71)67(7)63(53)69)15-13-33(43)49(47)59-45(31)41(29)57(52)62-60(50(34)48)46(32)42(30)58(51)61(59)62/h9-22H,1-8H3. The molecule has 72 heavy (non-hydrogen) atoms. The van der Waals surface area contributed by atoms with Gasteiger partial charge in [-0.1, -0.05) is 83.9 Å². The van der Waals surface area contributed by atoms with Crippen LogP contribution in [-0.2, 0) is 14.1 Å². The second-order valence-electron chi connectivity index (χ2n) is 22.0. The molecule has 0 aliphatic carbocycles. The zero-order valence-electron chi connectivity index (χ0n) is 40.6. The van der Waals surface area contributed by atoms with Gasteiger partial charge in [-0.2, -0.15) is 0 Å². The predicted molar refractivity (Wildman–Crippen MR) is 303 cm³/mol. The minimum absolute atomic E-state index is 0.274. The lowest BCUT2D eigenvalue weighted by atomic mass is 9.70. The molecule has 0 saturated carbocycles. The minimum Gasteiger partial charge on any atom is -0.277 e. The maximum Gasteiger partial charge on any atom is 0.261 e. The first-order valence-corrected chi connectivity index (χ1v) is 25.0. The van der Waals surface area contributed by atoms with Crippen molar-refractivity contribution >= 4 is 162 Å². The van der Waals surface area contributed by atoms with Gasteiger partial charge in [0.1, 0.15) is 0 Å². The van der Waals surface area contributed by atoms with E-state index in [9.17, 15) is 19.2 Å². The predicted octanol–water partition coefficient (Wildman–Crippen LogP) is 14.7. The maximum atomic E-state index is 14.7. The van der Waals surface area contributed by atoms with Crippen LogP contribution in [0.1, 0.15) is 33.4 Å². The second-order valence-corrected chi connectivity index (χ2v) is 22.0. The smallest absolute Gasteiger partial charge is 0.261 e. The first-order valence-electron chi connectivity index (χ1n) is 25.0. The molecule has 0 aliphatic heterocycles. The normalized spacial score (nSPS) is 13.5. The molecule has 336 valence electrons. The number of aromatic nitrogens is 2. The van der Waals surface area contributed by atoms with Gasteiger partial charge < -0.3 is 0 Å². The highest BCUT2D eigenvalue weighted by Gasteiger charge is 2.37. The summed E-state index contributed by atoms with van der Waals surface area (Å²) in [5.41, 5.74) is 10.8. The average molecular weight is 923 g/mol. The van der Waals surface area contributed by atoms with Gasteiger partial charge in [-0.25, -0.2) is 0 Å². The molecule has 0 radical (unpaired) electrons. The molecule has 18 rings (SSSR count). The van der Waals surface area contributed by atoms with Crippen molar-refractivity contribution in [2.75, 3.05) is 0 Å². The Kier molecular flexibility index (Phi) is 6.02. The molecule has 0 saturated heterocycles. The zero-order chi connectivity index (χ0) is 48.5. The molecule has 0 spiro atoms.